The second-order valence-electron chi connectivity index (χ2n) is 5.24. The van der Waals surface area contributed by atoms with Crippen molar-refractivity contribution in [3.8, 4) is 11.3 Å². The van der Waals surface area contributed by atoms with Crippen LogP contribution in [0, 0.1) is 18.7 Å². The number of imidazole rings is 1. The van der Waals surface area contributed by atoms with Crippen molar-refractivity contribution in [2.75, 3.05) is 6.54 Å². The van der Waals surface area contributed by atoms with Crippen LogP contribution in [0.25, 0.3) is 11.3 Å². The predicted molar refractivity (Wildman–Crippen MR) is 73.1 cm³/mol. The maximum absolute atomic E-state index is 13.2. The zero-order chi connectivity index (χ0) is 13.2. The van der Waals surface area contributed by atoms with Crippen LogP contribution >= 0.6 is 0 Å². The van der Waals surface area contributed by atoms with Gasteiger partial charge in [-0.25, -0.2) is 9.37 Å². The molecule has 1 saturated carbocycles. The average Bonchev–Trinajstić information content (AvgIpc) is 3.12. The lowest BCUT2D eigenvalue weighted by Gasteiger charge is -1.99. The Bertz CT molecular complexity index is 573. The van der Waals surface area contributed by atoms with Crippen molar-refractivity contribution in [3.63, 3.8) is 0 Å². The third kappa shape index (κ3) is 3.01. The largest absolute Gasteiger partial charge is 0.344 e. The smallest absolute Gasteiger partial charge is 0.123 e. The molecule has 1 heterocycles. The maximum atomic E-state index is 13.2. The van der Waals surface area contributed by atoms with Gasteiger partial charge in [0.25, 0.3) is 0 Å². The van der Waals surface area contributed by atoms with Crippen molar-refractivity contribution in [1.82, 2.24) is 15.3 Å². The quantitative estimate of drug-likeness (QED) is 0.866. The van der Waals surface area contributed by atoms with Crippen molar-refractivity contribution >= 4 is 0 Å². The van der Waals surface area contributed by atoms with Gasteiger partial charge in [0.15, 0.2) is 0 Å². The summed E-state index contributed by atoms with van der Waals surface area (Å²) in [5.41, 5.74) is 2.64. The summed E-state index contributed by atoms with van der Waals surface area (Å²) >= 11 is 0. The van der Waals surface area contributed by atoms with Crippen LogP contribution in [0.4, 0.5) is 4.39 Å². The molecule has 1 fully saturated rings. The third-order valence-electron chi connectivity index (χ3n) is 3.45. The fraction of sp³-hybridized carbons (Fsp3) is 0.400. The second-order valence-corrected chi connectivity index (χ2v) is 5.24. The van der Waals surface area contributed by atoms with E-state index in [0.717, 1.165) is 41.8 Å². The van der Waals surface area contributed by atoms with Crippen LogP contribution in [-0.4, -0.2) is 16.5 Å². The molecular formula is C15H18FN3. The van der Waals surface area contributed by atoms with Gasteiger partial charge in [0, 0.05) is 11.3 Å². The van der Waals surface area contributed by atoms with Gasteiger partial charge < -0.3 is 10.3 Å². The first-order valence-electron chi connectivity index (χ1n) is 6.74. The number of H-pyrrole nitrogens is 1. The van der Waals surface area contributed by atoms with Gasteiger partial charge in [0.2, 0.25) is 0 Å². The molecule has 3 nitrogen and oxygen atoms in total. The summed E-state index contributed by atoms with van der Waals surface area (Å²) in [6.45, 7) is 3.78. The molecule has 0 saturated heterocycles. The highest BCUT2D eigenvalue weighted by atomic mass is 19.1. The lowest BCUT2D eigenvalue weighted by Crippen LogP contribution is -2.16. The van der Waals surface area contributed by atoms with Gasteiger partial charge in [-0.05, 0) is 44.4 Å². The van der Waals surface area contributed by atoms with Crippen molar-refractivity contribution < 1.29 is 4.39 Å². The van der Waals surface area contributed by atoms with E-state index in [1.807, 2.05) is 13.0 Å². The van der Waals surface area contributed by atoms with Crippen LogP contribution in [0.1, 0.15) is 24.4 Å². The van der Waals surface area contributed by atoms with E-state index in [1.54, 1.807) is 6.07 Å². The lowest BCUT2D eigenvalue weighted by atomic mass is 10.1. The fourth-order valence-corrected chi connectivity index (χ4v) is 2.24. The van der Waals surface area contributed by atoms with E-state index in [9.17, 15) is 4.39 Å². The minimum Gasteiger partial charge on any atom is -0.344 e. The average molecular weight is 259 g/mol. The molecule has 3 rings (SSSR count). The summed E-state index contributed by atoms with van der Waals surface area (Å²) in [4.78, 5) is 7.81. The van der Waals surface area contributed by atoms with Crippen LogP contribution in [0.15, 0.2) is 24.3 Å². The third-order valence-corrected chi connectivity index (χ3v) is 3.45. The first kappa shape index (κ1) is 12.4. The second kappa shape index (κ2) is 5.13. The molecule has 1 aliphatic carbocycles. The van der Waals surface area contributed by atoms with E-state index in [1.165, 1.54) is 25.0 Å². The van der Waals surface area contributed by atoms with Crippen LogP contribution in [0.3, 0.4) is 0 Å². The van der Waals surface area contributed by atoms with Gasteiger partial charge in [-0.3, -0.25) is 0 Å². The molecule has 0 amide bonds. The number of halogens is 1. The van der Waals surface area contributed by atoms with Crippen LogP contribution in [0.5, 0.6) is 0 Å². The van der Waals surface area contributed by atoms with Crippen LogP contribution in [-0.2, 0) is 6.54 Å². The standard InChI is InChI=1S/C15H18FN3/c1-10-15(12-3-2-4-13(16)7-12)19-14(18-10)9-17-8-11-5-6-11/h2-4,7,11,17H,5-6,8-9H2,1H3,(H,18,19). The normalized spacial score (nSPS) is 14.8. The van der Waals surface area contributed by atoms with E-state index in [0.29, 0.717) is 0 Å². The number of benzene rings is 1. The van der Waals surface area contributed by atoms with E-state index < -0.39 is 0 Å². The van der Waals surface area contributed by atoms with Crippen LogP contribution < -0.4 is 5.32 Å². The lowest BCUT2D eigenvalue weighted by molar-refractivity contribution is 0.622. The minimum atomic E-state index is -0.228. The van der Waals surface area contributed by atoms with E-state index in [-0.39, 0.29) is 5.82 Å². The molecule has 1 aromatic heterocycles. The molecule has 1 aliphatic rings. The van der Waals surface area contributed by atoms with Crippen molar-refractivity contribution in [2.45, 2.75) is 26.3 Å². The minimum absolute atomic E-state index is 0.228. The summed E-state index contributed by atoms with van der Waals surface area (Å²) in [6.07, 6.45) is 2.69. The highest BCUT2D eigenvalue weighted by molar-refractivity contribution is 5.61. The summed E-state index contributed by atoms with van der Waals surface area (Å²) in [5.74, 6) is 1.55. The van der Waals surface area contributed by atoms with Gasteiger partial charge in [0.1, 0.15) is 11.6 Å². The summed E-state index contributed by atoms with van der Waals surface area (Å²) in [7, 11) is 0. The number of rotatable bonds is 5. The highest BCUT2D eigenvalue weighted by Crippen LogP contribution is 2.27. The molecule has 0 unspecified atom stereocenters. The van der Waals surface area contributed by atoms with Gasteiger partial charge in [-0.1, -0.05) is 12.1 Å². The van der Waals surface area contributed by atoms with Gasteiger partial charge in [0.05, 0.1) is 12.2 Å². The monoisotopic (exact) mass is 259 g/mol. The van der Waals surface area contributed by atoms with Crippen molar-refractivity contribution in [2.24, 2.45) is 5.92 Å². The fourth-order valence-electron chi connectivity index (χ4n) is 2.24. The highest BCUT2D eigenvalue weighted by Gasteiger charge is 2.20. The van der Waals surface area contributed by atoms with Crippen LogP contribution in [0.2, 0.25) is 0 Å². The Balaban J connectivity index is 1.72. The molecule has 0 radical (unpaired) electrons. The molecule has 0 spiro atoms. The molecule has 100 valence electrons. The molecular weight excluding hydrogens is 241 g/mol. The van der Waals surface area contributed by atoms with Gasteiger partial charge >= 0.3 is 0 Å². The summed E-state index contributed by atoms with van der Waals surface area (Å²) in [5, 5.41) is 3.40. The zero-order valence-electron chi connectivity index (χ0n) is 11.0. The number of aromatic nitrogens is 2. The molecule has 0 aliphatic heterocycles. The van der Waals surface area contributed by atoms with E-state index in [2.05, 4.69) is 15.3 Å². The molecule has 19 heavy (non-hydrogen) atoms. The molecule has 2 aromatic rings. The molecule has 0 atom stereocenters. The Labute approximate surface area is 112 Å². The first-order chi connectivity index (χ1) is 9.22. The number of hydrogen-bond donors (Lipinski definition) is 2. The number of nitrogens with zero attached hydrogens (tertiary/aromatic N) is 1. The molecule has 2 N–H and O–H groups in total. The summed E-state index contributed by atoms with van der Waals surface area (Å²) in [6, 6.07) is 6.56. The number of aryl methyl sites for hydroxylation is 1. The Morgan fingerprint density at radius 2 is 2.26 bits per heavy atom. The number of hydrogen-bond acceptors (Lipinski definition) is 2. The molecule has 4 heteroatoms. The predicted octanol–water partition coefficient (Wildman–Crippen LogP) is 3.02. The molecule has 1 aromatic carbocycles. The van der Waals surface area contributed by atoms with Gasteiger partial charge in [-0.15, -0.1) is 0 Å². The Morgan fingerprint density at radius 3 is 3.00 bits per heavy atom. The summed E-state index contributed by atoms with van der Waals surface area (Å²) < 4.78 is 13.2. The van der Waals surface area contributed by atoms with Crippen molar-refractivity contribution in [3.05, 3.63) is 41.6 Å². The first-order valence-corrected chi connectivity index (χ1v) is 6.74. The van der Waals surface area contributed by atoms with E-state index in [4.69, 9.17) is 0 Å². The number of nitrogens with one attached hydrogen (secondary N) is 2. The Morgan fingerprint density at radius 1 is 1.42 bits per heavy atom. The topological polar surface area (TPSA) is 40.7 Å². The van der Waals surface area contributed by atoms with E-state index >= 15 is 0 Å². The molecule has 0 bridgehead atoms. The number of aromatic amines is 1. The Hall–Kier alpha value is -1.68. The van der Waals surface area contributed by atoms with Crippen molar-refractivity contribution in [1.29, 1.82) is 0 Å². The maximum Gasteiger partial charge on any atom is 0.123 e. The zero-order valence-corrected chi connectivity index (χ0v) is 11.0. The van der Waals surface area contributed by atoms with Gasteiger partial charge in [-0.2, -0.15) is 0 Å². The Kier molecular flexibility index (Phi) is 3.34. The SMILES string of the molecule is Cc1[nH]c(CNCC2CC2)nc1-c1cccc(F)c1.